The van der Waals surface area contributed by atoms with Gasteiger partial charge in [-0.05, 0) is 13.3 Å². The topological polar surface area (TPSA) is 84.1 Å². The molecule has 0 bridgehead atoms. The standard InChI is InChI=1S/C11H17N5O/c1-3-8-10(17)13-4-5-16(8)11-14-7(2)6-9(12)15-11/h6,8H,3-5H2,1-2H3,(H,13,17)(H2,12,14,15)/t8-/m0/s1. The number of nitrogens with one attached hydrogen (secondary N) is 1. The molecule has 1 saturated heterocycles. The van der Waals surface area contributed by atoms with Crippen molar-refractivity contribution in [3.8, 4) is 0 Å². The van der Waals surface area contributed by atoms with E-state index in [-0.39, 0.29) is 11.9 Å². The van der Waals surface area contributed by atoms with E-state index in [1.165, 1.54) is 0 Å². The third-order valence-electron chi connectivity index (χ3n) is 2.84. The van der Waals surface area contributed by atoms with Gasteiger partial charge in [-0.3, -0.25) is 4.79 Å². The van der Waals surface area contributed by atoms with Crippen LogP contribution in [0.25, 0.3) is 0 Å². The van der Waals surface area contributed by atoms with Crippen LogP contribution < -0.4 is 16.0 Å². The molecule has 3 N–H and O–H groups in total. The van der Waals surface area contributed by atoms with Crippen LogP contribution in [0.15, 0.2) is 6.07 Å². The molecule has 0 radical (unpaired) electrons. The number of amides is 1. The predicted octanol–water partition coefficient (Wildman–Crippen LogP) is 0.0820. The van der Waals surface area contributed by atoms with Crippen LogP contribution in [0.2, 0.25) is 0 Å². The summed E-state index contributed by atoms with van der Waals surface area (Å²) < 4.78 is 0. The van der Waals surface area contributed by atoms with E-state index in [1.54, 1.807) is 6.07 Å². The van der Waals surface area contributed by atoms with Crippen molar-refractivity contribution in [2.24, 2.45) is 0 Å². The Kier molecular flexibility index (Phi) is 3.12. The van der Waals surface area contributed by atoms with Crippen molar-refractivity contribution < 1.29 is 4.79 Å². The molecule has 2 heterocycles. The number of nitrogen functional groups attached to an aromatic ring is 1. The van der Waals surface area contributed by atoms with Crippen molar-refractivity contribution in [2.75, 3.05) is 23.7 Å². The van der Waals surface area contributed by atoms with Gasteiger partial charge in [-0.25, -0.2) is 4.98 Å². The highest BCUT2D eigenvalue weighted by atomic mass is 16.2. The lowest BCUT2D eigenvalue weighted by Crippen LogP contribution is -2.55. The molecule has 17 heavy (non-hydrogen) atoms. The summed E-state index contributed by atoms with van der Waals surface area (Å²) in [6.45, 7) is 5.17. The molecule has 1 amide bonds. The normalized spacial score (nSPS) is 20.2. The molecule has 0 aliphatic carbocycles. The second-order valence-corrected chi connectivity index (χ2v) is 4.14. The van der Waals surface area contributed by atoms with Crippen LogP contribution in [0.5, 0.6) is 0 Å². The number of nitrogens with two attached hydrogens (primary N) is 1. The Labute approximate surface area is 100 Å². The highest BCUT2D eigenvalue weighted by Crippen LogP contribution is 2.17. The van der Waals surface area contributed by atoms with Gasteiger partial charge in [0.2, 0.25) is 11.9 Å². The first-order valence-electron chi connectivity index (χ1n) is 5.77. The fourth-order valence-electron chi connectivity index (χ4n) is 2.07. The summed E-state index contributed by atoms with van der Waals surface area (Å²) in [5.41, 5.74) is 6.52. The van der Waals surface area contributed by atoms with Crippen LogP contribution in [0.1, 0.15) is 19.0 Å². The summed E-state index contributed by atoms with van der Waals surface area (Å²) in [5.74, 6) is 1.01. The van der Waals surface area contributed by atoms with Crippen molar-refractivity contribution in [1.29, 1.82) is 0 Å². The molecule has 0 unspecified atom stereocenters. The first kappa shape index (κ1) is 11.6. The fraction of sp³-hybridized carbons (Fsp3) is 0.545. The van der Waals surface area contributed by atoms with E-state index in [4.69, 9.17) is 5.73 Å². The average molecular weight is 235 g/mol. The number of aryl methyl sites for hydroxylation is 1. The van der Waals surface area contributed by atoms with Crippen molar-refractivity contribution in [3.63, 3.8) is 0 Å². The van der Waals surface area contributed by atoms with E-state index in [2.05, 4.69) is 15.3 Å². The van der Waals surface area contributed by atoms with Crippen molar-refractivity contribution >= 4 is 17.7 Å². The summed E-state index contributed by atoms with van der Waals surface area (Å²) in [6.07, 6.45) is 0.725. The minimum Gasteiger partial charge on any atom is -0.384 e. The van der Waals surface area contributed by atoms with Gasteiger partial charge < -0.3 is 16.0 Å². The molecule has 6 heteroatoms. The number of aromatic nitrogens is 2. The lowest BCUT2D eigenvalue weighted by Gasteiger charge is -2.34. The molecule has 0 spiro atoms. The minimum absolute atomic E-state index is 0.0300. The molecule has 1 aromatic rings. The van der Waals surface area contributed by atoms with Gasteiger partial charge in [-0.15, -0.1) is 0 Å². The second kappa shape index (κ2) is 4.57. The molecule has 0 aromatic carbocycles. The van der Waals surface area contributed by atoms with Gasteiger partial charge in [0.1, 0.15) is 11.9 Å². The zero-order valence-corrected chi connectivity index (χ0v) is 10.1. The molecule has 1 fully saturated rings. The van der Waals surface area contributed by atoms with E-state index in [0.29, 0.717) is 24.9 Å². The van der Waals surface area contributed by atoms with Crippen LogP contribution in [-0.2, 0) is 4.79 Å². The summed E-state index contributed by atoms with van der Waals surface area (Å²) >= 11 is 0. The molecule has 6 nitrogen and oxygen atoms in total. The van der Waals surface area contributed by atoms with Crippen LogP contribution >= 0.6 is 0 Å². The second-order valence-electron chi connectivity index (χ2n) is 4.14. The Morgan fingerprint density at radius 2 is 2.35 bits per heavy atom. The van der Waals surface area contributed by atoms with E-state index in [0.717, 1.165) is 12.1 Å². The summed E-state index contributed by atoms with van der Waals surface area (Å²) in [4.78, 5) is 22.2. The Hall–Kier alpha value is -1.85. The largest absolute Gasteiger partial charge is 0.384 e. The van der Waals surface area contributed by atoms with Gasteiger partial charge in [-0.2, -0.15) is 4.98 Å². The monoisotopic (exact) mass is 235 g/mol. The fourth-order valence-corrected chi connectivity index (χ4v) is 2.07. The zero-order valence-electron chi connectivity index (χ0n) is 10.1. The number of carbonyl (C=O) groups excluding carboxylic acids is 1. The van der Waals surface area contributed by atoms with Crippen LogP contribution in [0, 0.1) is 6.92 Å². The SMILES string of the molecule is CC[C@H]1C(=O)NCCN1c1nc(C)cc(N)n1. The number of hydrogen-bond acceptors (Lipinski definition) is 5. The van der Waals surface area contributed by atoms with Gasteiger partial charge in [-0.1, -0.05) is 6.92 Å². The van der Waals surface area contributed by atoms with E-state index >= 15 is 0 Å². The Balaban J connectivity index is 2.33. The number of carbonyl (C=O) groups is 1. The highest BCUT2D eigenvalue weighted by molar-refractivity contribution is 5.85. The summed E-state index contributed by atoms with van der Waals surface area (Å²) in [6, 6.07) is 1.51. The maximum Gasteiger partial charge on any atom is 0.242 e. The van der Waals surface area contributed by atoms with Crippen LogP contribution in [-0.4, -0.2) is 35.0 Å². The minimum atomic E-state index is -0.204. The molecular weight excluding hydrogens is 218 g/mol. The molecular formula is C11H17N5O. The number of rotatable bonds is 2. The third kappa shape index (κ3) is 2.30. The molecule has 92 valence electrons. The van der Waals surface area contributed by atoms with E-state index in [9.17, 15) is 4.79 Å². The predicted molar refractivity (Wildman–Crippen MR) is 65.6 cm³/mol. The van der Waals surface area contributed by atoms with Gasteiger partial charge in [0.15, 0.2) is 0 Å². The van der Waals surface area contributed by atoms with Crippen LogP contribution in [0.4, 0.5) is 11.8 Å². The molecule has 1 aliphatic heterocycles. The first-order chi connectivity index (χ1) is 8.11. The number of nitrogens with zero attached hydrogens (tertiary/aromatic N) is 3. The van der Waals surface area contributed by atoms with Crippen molar-refractivity contribution in [3.05, 3.63) is 11.8 Å². The zero-order chi connectivity index (χ0) is 12.4. The summed E-state index contributed by atoms with van der Waals surface area (Å²) in [7, 11) is 0. The molecule has 1 aliphatic rings. The Morgan fingerprint density at radius 3 is 3.00 bits per heavy atom. The van der Waals surface area contributed by atoms with Crippen molar-refractivity contribution in [2.45, 2.75) is 26.3 Å². The van der Waals surface area contributed by atoms with Gasteiger partial charge >= 0.3 is 0 Å². The van der Waals surface area contributed by atoms with Gasteiger partial charge in [0, 0.05) is 24.8 Å². The maximum atomic E-state index is 11.7. The molecule has 1 aromatic heterocycles. The lowest BCUT2D eigenvalue weighted by atomic mass is 10.1. The number of anilines is 2. The first-order valence-corrected chi connectivity index (χ1v) is 5.77. The van der Waals surface area contributed by atoms with E-state index in [1.807, 2.05) is 18.7 Å². The third-order valence-corrected chi connectivity index (χ3v) is 2.84. The summed E-state index contributed by atoms with van der Waals surface area (Å²) in [5, 5.41) is 2.84. The molecule has 0 saturated carbocycles. The lowest BCUT2D eigenvalue weighted by molar-refractivity contribution is -0.123. The van der Waals surface area contributed by atoms with Crippen LogP contribution in [0.3, 0.4) is 0 Å². The Morgan fingerprint density at radius 1 is 1.59 bits per heavy atom. The maximum absolute atomic E-state index is 11.7. The quantitative estimate of drug-likeness (QED) is 0.758. The van der Waals surface area contributed by atoms with Gasteiger partial charge in [0.25, 0.3) is 0 Å². The molecule has 1 atom stereocenters. The molecule has 2 rings (SSSR count). The van der Waals surface area contributed by atoms with Crippen molar-refractivity contribution in [1.82, 2.24) is 15.3 Å². The highest BCUT2D eigenvalue weighted by Gasteiger charge is 2.29. The average Bonchev–Trinajstić information content (AvgIpc) is 2.27. The smallest absolute Gasteiger partial charge is 0.242 e. The Bertz CT molecular complexity index is 414. The number of hydrogen-bond donors (Lipinski definition) is 2. The van der Waals surface area contributed by atoms with Gasteiger partial charge in [0.05, 0.1) is 0 Å². The van der Waals surface area contributed by atoms with E-state index < -0.39 is 0 Å². The number of piperazine rings is 1.